The second kappa shape index (κ2) is 8.69. The Bertz CT molecular complexity index is 446. The molecule has 0 heterocycles. The highest BCUT2D eigenvalue weighted by Crippen LogP contribution is 2.23. The summed E-state index contributed by atoms with van der Waals surface area (Å²) in [4.78, 5) is 26.5. The number of nitriles is 1. The first-order valence-corrected chi connectivity index (χ1v) is 5.15. The molecule has 0 saturated heterocycles. The number of hydrogen-bond acceptors (Lipinski definition) is 6. The van der Waals surface area contributed by atoms with Gasteiger partial charge in [-0.15, -0.1) is 0 Å². The van der Waals surface area contributed by atoms with E-state index >= 15 is 0 Å². The Morgan fingerprint density at radius 1 is 1.43 bits per heavy atom. The zero-order valence-electron chi connectivity index (χ0n) is 10.5. The van der Waals surface area contributed by atoms with Crippen LogP contribution in [0.5, 0.6) is 0 Å². The van der Waals surface area contributed by atoms with Gasteiger partial charge in [0.1, 0.15) is 13.2 Å². The first-order valence-electron chi connectivity index (χ1n) is 5.15. The number of carbonyl (C=O) groups excluding carboxylic acids is 2. The fourth-order valence-corrected chi connectivity index (χ4v) is 0.832. The minimum Gasteiger partial charge on any atom is -0.398 e. The van der Waals surface area contributed by atoms with Gasteiger partial charge in [-0.3, -0.25) is 10.1 Å². The molecule has 0 fully saturated rings. The monoisotopic (exact) mass is 314 g/mol. The van der Waals surface area contributed by atoms with Crippen LogP contribution in [0.3, 0.4) is 0 Å². The van der Waals surface area contributed by atoms with Crippen molar-refractivity contribution >= 4 is 17.6 Å². The third-order valence-electron chi connectivity index (χ3n) is 1.64. The van der Waals surface area contributed by atoms with Gasteiger partial charge in [-0.25, -0.2) is 9.18 Å². The summed E-state index contributed by atoms with van der Waals surface area (Å²) in [6, 6.07) is 0.206. The summed E-state index contributed by atoms with van der Waals surface area (Å²) in [7, 11) is 1.07. The number of oxime groups is 1. The average molecular weight is 314 g/mol. The molecule has 0 aliphatic carbocycles. The van der Waals surface area contributed by atoms with E-state index in [4.69, 9.17) is 5.26 Å². The van der Waals surface area contributed by atoms with E-state index < -0.39 is 43.3 Å². The van der Waals surface area contributed by atoms with Crippen molar-refractivity contribution in [3.05, 3.63) is 0 Å². The first-order chi connectivity index (χ1) is 9.72. The van der Waals surface area contributed by atoms with Crippen molar-refractivity contribution in [2.75, 3.05) is 20.3 Å². The van der Waals surface area contributed by atoms with Crippen LogP contribution in [-0.2, 0) is 14.4 Å². The molecular formula is C9H10F4N4O4. The van der Waals surface area contributed by atoms with E-state index in [2.05, 4.69) is 14.7 Å². The van der Waals surface area contributed by atoms with E-state index in [1.54, 1.807) is 5.32 Å². The molecule has 0 aromatic rings. The van der Waals surface area contributed by atoms with Gasteiger partial charge in [-0.1, -0.05) is 5.16 Å². The highest BCUT2D eigenvalue weighted by molar-refractivity contribution is 6.46. The van der Waals surface area contributed by atoms with Crippen LogP contribution in [0.15, 0.2) is 5.16 Å². The third kappa shape index (κ3) is 7.67. The number of carbonyl (C=O) groups is 2. The molecule has 0 saturated carbocycles. The van der Waals surface area contributed by atoms with Gasteiger partial charge < -0.3 is 14.9 Å². The molecule has 8 nitrogen and oxygen atoms in total. The third-order valence-corrected chi connectivity index (χ3v) is 1.64. The topological polar surface area (TPSA) is 113 Å². The molecule has 0 aliphatic heterocycles. The van der Waals surface area contributed by atoms with Gasteiger partial charge in [-0.2, -0.15) is 18.4 Å². The fraction of sp³-hybridized carbons (Fsp3) is 0.556. The van der Waals surface area contributed by atoms with E-state index in [9.17, 15) is 27.2 Å². The summed E-state index contributed by atoms with van der Waals surface area (Å²) in [6.07, 6.45) is -8.63. The Hall–Kier alpha value is -2.42. The van der Waals surface area contributed by atoms with Crippen LogP contribution in [-0.4, -0.2) is 50.4 Å². The average Bonchev–Trinajstić information content (AvgIpc) is 2.39. The maximum Gasteiger partial charge on any atom is 0.445 e. The van der Waals surface area contributed by atoms with Crippen LogP contribution in [0, 0.1) is 11.3 Å². The number of alkyl halides is 4. The van der Waals surface area contributed by atoms with Crippen LogP contribution in [0.4, 0.5) is 22.4 Å². The molecule has 0 aliphatic rings. The minimum atomic E-state index is -5.16. The zero-order chi connectivity index (χ0) is 16.5. The molecule has 0 aromatic heterocycles. The predicted octanol–water partition coefficient (Wildman–Crippen LogP) is 0.213. The lowest BCUT2D eigenvalue weighted by Gasteiger charge is -2.13. The maximum absolute atomic E-state index is 12.3. The summed E-state index contributed by atoms with van der Waals surface area (Å²) in [5.41, 5.74) is -0.746. The highest BCUT2D eigenvalue weighted by atomic mass is 19.4. The number of rotatable bonds is 6. The Balaban J connectivity index is 4.05. The van der Waals surface area contributed by atoms with Gasteiger partial charge in [0.25, 0.3) is 12.3 Å². The van der Waals surface area contributed by atoms with Crippen molar-refractivity contribution in [1.29, 1.82) is 5.26 Å². The second-order valence-corrected chi connectivity index (χ2v) is 3.17. The molecule has 1 unspecified atom stereocenters. The molecule has 1 atom stereocenters. The molecule has 0 aromatic carbocycles. The first kappa shape index (κ1) is 18.6. The summed E-state index contributed by atoms with van der Waals surface area (Å²) < 4.78 is 51.2. The van der Waals surface area contributed by atoms with Crippen molar-refractivity contribution in [3.8, 4) is 6.07 Å². The van der Waals surface area contributed by atoms with E-state index in [1.165, 1.54) is 6.07 Å². The number of hydrogen-bond donors (Lipinski definition) is 2. The molecule has 0 spiro atoms. The van der Waals surface area contributed by atoms with Gasteiger partial charge in [0.15, 0.2) is 0 Å². The van der Waals surface area contributed by atoms with Gasteiger partial charge in [0, 0.05) is 6.54 Å². The standard InChI is InChI=1S/C9H10F4N4O4/c1-20-17-5(4-14)6(18)16-8(19)15-2-3-21-7(10)9(11,12)13/h7H,2-3H2,1H3,(H2,15,16,18,19). The van der Waals surface area contributed by atoms with Gasteiger partial charge in [0.05, 0.1) is 6.61 Å². The quantitative estimate of drug-likeness (QED) is 0.315. The number of imide groups is 1. The lowest BCUT2D eigenvalue weighted by molar-refractivity contribution is -0.263. The van der Waals surface area contributed by atoms with Crippen molar-refractivity contribution in [1.82, 2.24) is 10.6 Å². The predicted molar refractivity (Wildman–Crippen MR) is 58.5 cm³/mol. The summed E-state index contributed by atoms with van der Waals surface area (Å²) in [5, 5.41) is 15.0. The molecule has 2 N–H and O–H groups in total. The van der Waals surface area contributed by atoms with E-state index in [0.29, 0.717) is 0 Å². The van der Waals surface area contributed by atoms with Crippen molar-refractivity contribution < 1.29 is 36.7 Å². The highest BCUT2D eigenvalue weighted by Gasteiger charge is 2.41. The lowest BCUT2D eigenvalue weighted by Crippen LogP contribution is -2.43. The summed E-state index contributed by atoms with van der Waals surface area (Å²) in [6.45, 7) is -1.28. The molecular weight excluding hydrogens is 304 g/mol. The van der Waals surface area contributed by atoms with Crippen LogP contribution >= 0.6 is 0 Å². The molecule has 21 heavy (non-hydrogen) atoms. The largest absolute Gasteiger partial charge is 0.445 e. The van der Waals surface area contributed by atoms with Crippen molar-refractivity contribution in [2.24, 2.45) is 5.16 Å². The molecule has 12 heteroatoms. The van der Waals surface area contributed by atoms with Crippen molar-refractivity contribution in [2.45, 2.75) is 12.5 Å². The van der Waals surface area contributed by atoms with E-state index in [0.717, 1.165) is 7.11 Å². The minimum absolute atomic E-state index is 0.501. The van der Waals surface area contributed by atoms with Crippen LogP contribution in [0.1, 0.15) is 0 Å². The van der Waals surface area contributed by atoms with Crippen LogP contribution in [0.25, 0.3) is 0 Å². The molecule has 0 radical (unpaired) electrons. The van der Waals surface area contributed by atoms with Crippen molar-refractivity contribution in [3.63, 3.8) is 0 Å². The number of halogens is 4. The Morgan fingerprint density at radius 2 is 2.05 bits per heavy atom. The number of nitrogens with one attached hydrogen (secondary N) is 2. The molecule has 0 rings (SSSR count). The number of urea groups is 1. The van der Waals surface area contributed by atoms with Crippen LogP contribution < -0.4 is 10.6 Å². The normalized spacial score (nSPS) is 13.0. The summed E-state index contributed by atoms with van der Waals surface area (Å²) >= 11 is 0. The summed E-state index contributed by atoms with van der Waals surface area (Å²) in [5.74, 6) is -1.18. The van der Waals surface area contributed by atoms with Crippen LogP contribution in [0.2, 0.25) is 0 Å². The molecule has 0 bridgehead atoms. The van der Waals surface area contributed by atoms with Gasteiger partial charge in [0.2, 0.25) is 5.71 Å². The Morgan fingerprint density at radius 3 is 2.52 bits per heavy atom. The number of amides is 3. The molecule has 3 amide bonds. The van der Waals surface area contributed by atoms with E-state index in [-0.39, 0.29) is 0 Å². The maximum atomic E-state index is 12.3. The zero-order valence-corrected chi connectivity index (χ0v) is 10.5. The fourth-order valence-electron chi connectivity index (χ4n) is 0.832. The second-order valence-electron chi connectivity index (χ2n) is 3.17. The van der Waals surface area contributed by atoms with Gasteiger partial charge >= 0.3 is 12.2 Å². The smallest absolute Gasteiger partial charge is 0.398 e. The Kier molecular flexibility index (Phi) is 7.69. The lowest BCUT2D eigenvalue weighted by atomic mass is 10.4. The SMILES string of the molecule is CON=C(C#N)C(=O)NC(=O)NCCOC(F)C(F)(F)F. The number of nitrogens with zero attached hydrogens (tertiary/aromatic N) is 2. The van der Waals surface area contributed by atoms with Gasteiger partial charge in [-0.05, 0) is 0 Å². The Labute approximate surface area is 115 Å². The molecule has 118 valence electrons. The number of ether oxygens (including phenoxy) is 1. The van der Waals surface area contributed by atoms with E-state index in [1.807, 2.05) is 5.32 Å².